The SMILES string of the molecule is CCc1cccc(NC(=O)Cn2c(=O)n(CCC(C)C)c(=O)c3sccc32)c1. The minimum absolute atomic E-state index is 0.135. The number of thiophene rings is 1. The third kappa shape index (κ3) is 4.25. The van der Waals surface area contributed by atoms with Crippen molar-refractivity contribution in [1.29, 1.82) is 0 Å². The van der Waals surface area contributed by atoms with Crippen LogP contribution in [0, 0.1) is 5.92 Å². The summed E-state index contributed by atoms with van der Waals surface area (Å²) in [5.41, 5.74) is 1.62. The number of anilines is 1. The number of fused-ring (bicyclic) bond motifs is 1. The molecule has 28 heavy (non-hydrogen) atoms. The van der Waals surface area contributed by atoms with Crippen LogP contribution in [0.1, 0.15) is 32.8 Å². The summed E-state index contributed by atoms with van der Waals surface area (Å²) in [5.74, 6) is 0.0739. The molecule has 0 aliphatic heterocycles. The van der Waals surface area contributed by atoms with E-state index >= 15 is 0 Å². The standard InChI is InChI=1S/C21H25N3O3S/c1-4-15-6-5-7-16(12-15)22-18(25)13-24-17-9-11-28-19(17)20(26)23(21(24)27)10-8-14(2)3/h5-7,9,11-12,14H,4,8,10,13H2,1-3H3,(H,22,25). The zero-order valence-electron chi connectivity index (χ0n) is 16.4. The van der Waals surface area contributed by atoms with E-state index in [2.05, 4.69) is 5.32 Å². The fourth-order valence-corrected chi connectivity index (χ4v) is 3.93. The lowest BCUT2D eigenvalue weighted by Crippen LogP contribution is -2.41. The van der Waals surface area contributed by atoms with Gasteiger partial charge in [0, 0.05) is 12.2 Å². The highest BCUT2D eigenvalue weighted by Crippen LogP contribution is 2.16. The van der Waals surface area contributed by atoms with Gasteiger partial charge in [-0.15, -0.1) is 11.3 Å². The van der Waals surface area contributed by atoms with E-state index in [1.54, 1.807) is 11.4 Å². The van der Waals surface area contributed by atoms with Gasteiger partial charge in [-0.25, -0.2) is 4.79 Å². The van der Waals surface area contributed by atoms with Crippen LogP contribution in [0.15, 0.2) is 45.3 Å². The first kappa shape index (κ1) is 20.1. The monoisotopic (exact) mass is 399 g/mol. The lowest BCUT2D eigenvalue weighted by molar-refractivity contribution is -0.116. The molecule has 0 bridgehead atoms. The molecular formula is C21H25N3O3S. The molecule has 0 atom stereocenters. The van der Waals surface area contributed by atoms with Crippen molar-refractivity contribution in [2.75, 3.05) is 5.32 Å². The van der Waals surface area contributed by atoms with Gasteiger partial charge in [-0.05, 0) is 47.9 Å². The minimum atomic E-state index is -0.436. The maximum Gasteiger partial charge on any atom is 0.332 e. The number of nitrogens with one attached hydrogen (secondary N) is 1. The average molecular weight is 400 g/mol. The van der Waals surface area contributed by atoms with Crippen LogP contribution in [-0.4, -0.2) is 15.0 Å². The maximum absolute atomic E-state index is 13.0. The molecule has 6 nitrogen and oxygen atoms in total. The number of rotatable bonds is 7. The molecule has 0 spiro atoms. The van der Waals surface area contributed by atoms with Gasteiger partial charge in [0.05, 0.1) is 5.52 Å². The predicted octanol–water partition coefficient (Wildman–Crippen LogP) is 3.47. The highest BCUT2D eigenvalue weighted by Gasteiger charge is 2.16. The van der Waals surface area contributed by atoms with Gasteiger partial charge < -0.3 is 5.32 Å². The molecule has 1 aromatic carbocycles. The zero-order chi connectivity index (χ0) is 20.3. The Kier molecular flexibility index (Phi) is 6.14. The Bertz CT molecular complexity index is 1110. The molecule has 1 N–H and O–H groups in total. The molecule has 0 aliphatic carbocycles. The van der Waals surface area contributed by atoms with Crippen LogP contribution in [0.3, 0.4) is 0 Å². The number of aromatic nitrogens is 2. The number of hydrogen-bond acceptors (Lipinski definition) is 4. The van der Waals surface area contributed by atoms with E-state index in [-0.39, 0.29) is 18.0 Å². The fourth-order valence-electron chi connectivity index (χ4n) is 3.08. The molecule has 2 heterocycles. The van der Waals surface area contributed by atoms with E-state index in [9.17, 15) is 14.4 Å². The number of nitrogens with zero attached hydrogens (tertiary/aromatic N) is 2. The Morgan fingerprint density at radius 3 is 2.68 bits per heavy atom. The third-order valence-corrected chi connectivity index (χ3v) is 5.58. The largest absolute Gasteiger partial charge is 0.332 e. The summed E-state index contributed by atoms with van der Waals surface area (Å²) in [6.45, 7) is 6.36. The lowest BCUT2D eigenvalue weighted by atomic mass is 10.1. The number of benzene rings is 1. The topological polar surface area (TPSA) is 73.1 Å². The Balaban J connectivity index is 1.93. The number of aryl methyl sites for hydroxylation is 1. The summed E-state index contributed by atoms with van der Waals surface area (Å²) in [7, 11) is 0. The molecule has 7 heteroatoms. The first-order chi connectivity index (χ1) is 13.4. The van der Waals surface area contributed by atoms with Crippen LogP contribution in [0.2, 0.25) is 0 Å². The zero-order valence-corrected chi connectivity index (χ0v) is 17.2. The molecule has 0 saturated carbocycles. The molecule has 2 aromatic heterocycles. The summed E-state index contributed by atoms with van der Waals surface area (Å²) in [6.07, 6.45) is 1.60. The third-order valence-electron chi connectivity index (χ3n) is 4.69. The second kappa shape index (κ2) is 8.56. The summed E-state index contributed by atoms with van der Waals surface area (Å²) >= 11 is 1.30. The Hall–Kier alpha value is -2.67. The average Bonchev–Trinajstić information content (AvgIpc) is 3.15. The van der Waals surface area contributed by atoms with Crippen LogP contribution < -0.4 is 16.6 Å². The highest BCUT2D eigenvalue weighted by atomic mass is 32.1. The van der Waals surface area contributed by atoms with E-state index in [0.29, 0.717) is 28.4 Å². The molecule has 0 aliphatic rings. The van der Waals surface area contributed by atoms with Gasteiger partial charge >= 0.3 is 5.69 Å². The molecule has 0 fully saturated rings. The van der Waals surface area contributed by atoms with Crippen LogP contribution in [0.5, 0.6) is 0 Å². The van der Waals surface area contributed by atoms with E-state index in [1.165, 1.54) is 20.5 Å². The first-order valence-corrected chi connectivity index (χ1v) is 10.4. The van der Waals surface area contributed by atoms with E-state index in [4.69, 9.17) is 0 Å². The molecule has 3 aromatic rings. The maximum atomic E-state index is 13.0. The van der Waals surface area contributed by atoms with Crippen LogP contribution in [0.4, 0.5) is 5.69 Å². The molecular weight excluding hydrogens is 374 g/mol. The number of amides is 1. The first-order valence-electron chi connectivity index (χ1n) is 9.50. The quantitative estimate of drug-likeness (QED) is 0.661. The van der Waals surface area contributed by atoms with Crippen molar-refractivity contribution < 1.29 is 4.79 Å². The lowest BCUT2D eigenvalue weighted by Gasteiger charge is -2.13. The summed E-state index contributed by atoms with van der Waals surface area (Å²) < 4.78 is 3.15. The smallest absolute Gasteiger partial charge is 0.325 e. The summed E-state index contributed by atoms with van der Waals surface area (Å²) in [6, 6.07) is 9.36. The van der Waals surface area contributed by atoms with Crippen LogP contribution in [-0.2, 0) is 24.3 Å². The fraction of sp³-hybridized carbons (Fsp3) is 0.381. The van der Waals surface area contributed by atoms with Crippen molar-refractivity contribution in [3.05, 3.63) is 62.1 Å². The van der Waals surface area contributed by atoms with Crippen LogP contribution in [0.25, 0.3) is 10.2 Å². The Morgan fingerprint density at radius 1 is 1.18 bits per heavy atom. The van der Waals surface area contributed by atoms with E-state index < -0.39 is 5.69 Å². The van der Waals surface area contributed by atoms with Crippen LogP contribution >= 0.6 is 11.3 Å². The van der Waals surface area contributed by atoms with Crippen molar-refractivity contribution in [2.45, 2.75) is 46.7 Å². The van der Waals surface area contributed by atoms with Gasteiger partial charge in [0.2, 0.25) is 5.91 Å². The van der Waals surface area contributed by atoms with Gasteiger partial charge in [0.1, 0.15) is 11.2 Å². The molecule has 3 rings (SSSR count). The number of carbonyl (C=O) groups is 1. The van der Waals surface area contributed by atoms with Crippen molar-refractivity contribution in [2.24, 2.45) is 5.92 Å². The molecule has 0 radical (unpaired) electrons. The van der Waals surface area contributed by atoms with Gasteiger partial charge in [-0.2, -0.15) is 0 Å². The van der Waals surface area contributed by atoms with Crippen molar-refractivity contribution >= 4 is 33.1 Å². The molecule has 1 amide bonds. The van der Waals surface area contributed by atoms with Crippen molar-refractivity contribution in [3.63, 3.8) is 0 Å². The van der Waals surface area contributed by atoms with Gasteiger partial charge in [-0.3, -0.25) is 18.7 Å². The molecule has 148 valence electrons. The van der Waals surface area contributed by atoms with Crippen molar-refractivity contribution in [3.8, 4) is 0 Å². The van der Waals surface area contributed by atoms with E-state index in [0.717, 1.165) is 18.4 Å². The number of hydrogen-bond donors (Lipinski definition) is 1. The number of carbonyl (C=O) groups excluding carboxylic acids is 1. The van der Waals surface area contributed by atoms with Gasteiger partial charge in [-0.1, -0.05) is 32.9 Å². The van der Waals surface area contributed by atoms with Gasteiger partial charge in [0.25, 0.3) is 5.56 Å². The van der Waals surface area contributed by atoms with E-state index in [1.807, 2.05) is 45.0 Å². The minimum Gasteiger partial charge on any atom is -0.325 e. The Morgan fingerprint density at radius 2 is 1.96 bits per heavy atom. The Labute approximate surface area is 167 Å². The van der Waals surface area contributed by atoms with Crippen molar-refractivity contribution in [1.82, 2.24) is 9.13 Å². The second-order valence-corrected chi connectivity index (χ2v) is 8.16. The normalized spacial score (nSPS) is 11.3. The highest BCUT2D eigenvalue weighted by molar-refractivity contribution is 7.17. The predicted molar refractivity (Wildman–Crippen MR) is 114 cm³/mol. The summed E-state index contributed by atoms with van der Waals surface area (Å²) in [4.78, 5) is 38.2. The molecule has 0 unspecified atom stereocenters. The second-order valence-electron chi connectivity index (χ2n) is 7.25. The molecule has 0 saturated heterocycles. The summed E-state index contributed by atoms with van der Waals surface area (Å²) in [5, 5.41) is 4.63. The van der Waals surface area contributed by atoms with Gasteiger partial charge in [0.15, 0.2) is 0 Å².